The van der Waals surface area contributed by atoms with E-state index in [0.29, 0.717) is 37.4 Å². The van der Waals surface area contributed by atoms with Crippen molar-refractivity contribution in [3.05, 3.63) is 65.5 Å². The van der Waals surface area contributed by atoms with Crippen LogP contribution < -0.4 is 16.1 Å². The SMILES string of the molecule is COC(=O)NC(C(=O)NN(CCC(C)(C)C)CC(O)C(Cc1ccccc1)NC(=O)C(N1CCN(Cc2cccc(C(C)(C)O)n2)C1=O)C(C)(C)C)C(C)(C)C. The van der Waals surface area contributed by atoms with Crippen LogP contribution in [-0.4, -0.2) is 111 Å². The zero-order valence-corrected chi connectivity index (χ0v) is 35.6. The van der Waals surface area contributed by atoms with Crippen molar-refractivity contribution in [2.45, 2.75) is 125 Å². The second-order valence-electron chi connectivity index (χ2n) is 18.8. The predicted molar refractivity (Wildman–Crippen MR) is 216 cm³/mol. The highest BCUT2D eigenvalue weighted by molar-refractivity contribution is 5.89. The molecule has 4 unspecified atom stereocenters. The third-order valence-corrected chi connectivity index (χ3v) is 9.77. The maximum Gasteiger partial charge on any atom is 0.407 e. The molecule has 0 radical (unpaired) electrons. The smallest absolute Gasteiger partial charge is 0.407 e. The van der Waals surface area contributed by atoms with E-state index in [2.05, 4.69) is 41.8 Å². The first-order valence-corrected chi connectivity index (χ1v) is 19.5. The van der Waals surface area contributed by atoms with E-state index in [1.54, 1.807) is 46.9 Å². The highest BCUT2D eigenvalue weighted by atomic mass is 16.5. The first-order valence-electron chi connectivity index (χ1n) is 19.5. The summed E-state index contributed by atoms with van der Waals surface area (Å²) >= 11 is 0. The maximum absolute atomic E-state index is 14.5. The quantitative estimate of drug-likeness (QED) is 0.153. The number of amides is 5. The summed E-state index contributed by atoms with van der Waals surface area (Å²) in [7, 11) is 1.23. The number of aromatic nitrogens is 1. The van der Waals surface area contributed by atoms with Crippen LogP contribution in [0.15, 0.2) is 48.5 Å². The van der Waals surface area contributed by atoms with E-state index in [-0.39, 0.29) is 31.0 Å². The van der Waals surface area contributed by atoms with Gasteiger partial charge in [0.1, 0.15) is 17.7 Å². The van der Waals surface area contributed by atoms with Gasteiger partial charge in [-0.15, -0.1) is 0 Å². The Labute approximate surface area is 333 Å². The van der Waals surface area contributed by atoms with Crippen LogP contribution in [0, 0.1) is 16.2 Å². The first-order chi connectivity index (χ1) is 25.8. The minimum atomic E-state index is -1.17. The van der Waals surface area contributed by atoms with Crippen LogP contribution in [0.1, 0.15) is 99.5 Å². The molecule has 1 aromatic carbocycles. The Kier molecular flexibility index (Phi) is 15.5. The highest BCUT2D eigenvalue weighted by Crippen LogP contribution is 2.29. The number of hydrogen-bond acceptors (Lipinski definition) is 9. The van der Waals surface area contributed by atoms with Gasteiger partial charge in [-0.2, -0.15) is 0 Å². The molecule has 2 aromatic rings. The van der Waals surface area contributed by atoms with Gasteiger partial charge < -0.3 is 35.4 Å². The average molecular weight is 782 g/mol. The van der Waals surface area contributed by atoms with Crippen molar-refractivity contribution in [3.63, 3.8) is 0 Å². The van der Waals surface area contributed by atoms with E-state index in [1.165, 1.54) is 7.11 Å². The van der Waals surface area contributed by atoms with Gasteiger partial charge in [-0.25, -0.2) is 14.6 Å². The number of hydrazine groups is 1. The van der Waals surface area contributed by atoms with Gasteiger partial charge in [-0.3, -0.25) is 20.0 Å². The lowest BCUT2D eigenvalue weighted by Gasteiger charge is -2.39. The number of pyridine rings is 1. The van der Waals surface area contributed by atoms with E-state index in [4.69, 9.17) is 4.74 Å². The van der Waals surface area contributed by atoms with Gasteiger partial charge in [0.15, 0.2) is 0 Å². The van der Waals surface area contributed by atoms with Crippen LogP contribution in [0.4, 0.5) is 9.59 Å². The van der Waals surface area contributed by atoms with Crippen LogP contribution in [0.3, 0.4) is 0 Å². The van der Waals surface area contributed by atoms with Crippen LogP contribution in [0.2, 0.25) is 0 Å². The number of nitrogens with zero attached hydrogens (tertiary/aromatic N) is 4. The summed E-state index contributed by atoms with van der Waals surface area (Å²) in [6, 6.07) is 11.9. The number of hydrogen-bond donors (Lipinski definition) is 5. The largest absolute Gasteiger partial charge is 0.453 e. The number of urea groups is 1. The van der Waals surface area contributed by atoms with Crippen molar-refractivity contribution in [2.24, 2.45) is 16.2 Å². The van der Waals surface area contributed by atoms with Gasteiger partial charge in [0.25, 0.3) is 5.91 Å². The minimum Gasteiger partial charge on any atom is -0.453 e. The van der Waals surface area contributed by atoms with E-state index < -0.39 is 58.6 Å². The molecule has 4 atom stereocenters. The predicted octanol–water partition coefficient (Wildman–Crippen LogP) is 4.59. The first kappa shape index (κ1) is 46.1. The fraction of sp³-hybridized carbons (Fsp3) is 0.643. The molecular formula is C42H67N7O7. The van der Waals surface area contributed by atoms with E-state index in [9.17, 15) is 29.4 Å². The molecule has 2 heterocycles. The Morgan fingerprint density at radius 2 is 1.52 bits per heavy atom. The topological polar surface area (TPSA) is 177 Å². The van der Waals surface area contributed by atoms with Gasteiger partial charge in [-0.1, -0.05) is 98.7 Å². The molecule has 1 saturated heterocycles. The molecule has 1 aliphatic rings. The number of alkyl carbamates (subject to hydrolysis) is 1. The van der Waals surface area contributed by atoms with E-state index in [1.807, 2.05) is 71.9 Å². The molecule has 0 saturated carbocycles. The van der Waals surface area contributed by atoms with Crippen molar-refractivity contribution in [1.82, 2.24) is 35.9 Å². The monoisotopic (exact) mass is 782 g/mol. The fourth-order valence-electron chi connectivity index (χ4n) is 6.60. The molecule has 0 bridgehead atoms. The molecule has 312 valence electrons. The molecule has 3 rings (SSSR count). The summed E-state index contributed by atoms with van der Waals surface area (Å²) in [6.07, 6.45) is -0.959. The maximum atomic E-state index is 14.5. The number of benzene rings is 1. The summed E-state index contributed by atoms with van der Waals surface area (Å²) in [5, 5.41) is 29.9. The van der Waals surface area contributed by atoms with Gasteiger partial charge >= 0.3 is 12.1 Å². The van der Waals surface area contributed by atoms with Crippen molar-refractivity contribution in [1.29, 1.82) is 0 Å². The van der Waals surface area contributed by atoms with Gasteiger partial charge in [0.05, 0.1) is 37.2 Å². The molecule has 0 spiro atoms. The molecule has 0 aliphatic carbocycles. The summed E-state index contributed by atoms with van der Waals surface area (Å²) in [4.78, 5) is 62.2. The third kappa shape index (κ3) is 13.7. The number of carbonyl (C=O) groups is 4. The van der Waals surface area contributed by atoms with E-state index >= 15 is 0 Å². The third-order valence-electron chi connectivity index (χ3n) is 9.77. The normalized spacial score (nSPS) is 16.3. The Bertz CT molecular complexity index is 1630. The number of aliphatic hydroxyl groups excluding tert-OH is 1. The van der Waals surface area contributed by atoms with Crippen molar-refractivity contribution in [2.75, 3.05) is 33.3 Å². The summed E-state index contributed by atoms with van der Waals surface area (Å²) < 4.78 is 4.79. The average Bonchev–Trinajstić information content (AvgIpc) is 3.42. The van der Waals surface area contributed by atoms with Gasteiger partial charge in [0, 0.05) is 26.2 Å². The van der Waals surface area contributed by atoms with Crippen LogP contribution in [0.25, 0.3) is 0 Å². The molecule has 5 amide bonds. The summed E-state index contributed by atoms with van der Waals surface area (Å²) in [5.74, 6) is -0.880. The van der Waals surface area contributed by atoms with Gasteiger partial charge in [-0.05, 0) is 60.6 Å². The Balaban J connectivity index is 1.90. The lowest BCUT2D eigenvalue weighted by Crippen LogP contribution is -2.61. The molecule has 1 aliphatic heterocycles. The summed E-state index contributed by atoms with van der Waals surface area (Å²) in [5.41, 5.74) is 2.34. The molecule has 14 nitrogen and oxygen atoms in total. The minimum absolute atomic E-state index is 0.0397. The van der Waals surface area contributed by atoms with Crippen LogP contribution in [-0.2, 0) is 32.9 Å². The molecule has 1 fully saturated rings. The molecule has 14 heteroatoms. The number of methoxy groups -OCH3 is 1. The van der Waals surface area contributed by atoms with Gasteiger partial charge in [0.2, 0.25) is 5.91 Å². The lowest BCUT2D eigenvalue weighted by atomic mass is 9.84. The van der Waals surface area contributed by atoms with Crippen molar-refractivity contribution in [3.8, 4) is 0 Å². The molecule has 5 N–H and O–H groups in total. The number of carbonyl (C=O) groups excluding carboxylic acids is 4. The number of nitrogens with one attached hydrogen (secondary N) is 3. The Morgan fingerprint density at radius 3 is 2.07 bits per heavy atom. The Hall–Kier alpha value is -4.27. The molecular weight excluding hydrogens is 715 g/mol. The number of aliphatic hydroxyl groups is 2. The van der Waals surface area contributed by atoms with Crippen molar-refractivity contribution < 1.29 is 34.1 Å². The zero-order valence-electron chi connectivity index (χ0n) is 35.6. The fourth-order valence-corrected chi connectivity index (χ4v) is 6.60. The number of rotatable bonds is 16. The highest BCUT2D eigenvalue weighted by Gasteiger charge is 2.44. The molecule has 56 heavy (non-hydrogen) atoms. The Morgan fingerprint density at radius 1 is 0.875 bits per heavy atom. The molecule has 1 aromatic heterocycles. The second-order valence-corrected chi connectivity index (χ2v) is 18.8. The second kappa shape index (κ2) is 18.8. The number of ether oxygens (including phenoxy) is 1. The standard InChI is InChI=1S/C42H67N7O7/c1-39(2,3)21-22-48(46-35(51)33(40(4,5)6)45-37(53)56-12)27-31(50)30(25-28-17-14-13-15-18-28)44-36(52)34(41(7,8)9)49-24-23-47(38(49)54)26-29-19-16-20-32(43-29)42(10,11)55/h13-20,30-31,33-34,50,55H,21-27H2,1-12H3,(H,44,52)(H,45,53)(H,46,51). The summed E-state index contributed by atoms with van der Waals surface area (Å²) in [6.45, 7) is 22.0. The van der Waals surface area contributed by atoms with E-state index in [0.717, 1.165) is 5.56 Å². The zero-order chi connectivity index (χ0) is 42.2. The van der Waals surface area contributed by atoms with Crippen molar-refractivity contribution >= 4 is 23.9 Å². The van der Waals surface area contributed by atoms with Crippen LogP contribution >= 0.6 is 0 Å². The van der Waals surface area contributed by atoms with Crippen LogP contribution in [0.5, 0.6) is 0 Å². The lowest BCUT2D eigenvalue weighted by molar-refractivity contribution is -0.133.